The van der Waals surface area contributed by atoms with E-state index in [0.717, 1.165) is 31.8 Å². The Morgan fingerprint density at radius 1 is 1.07 bits per heavy atom. The van der Waals surface area contributed by atoms with Crippen LogP contribution in [0.4, 0.5) is 5.82 Å². The normalized spacial score (nSPS) is 18.0. The zero-order chi connectivity index (χ0) is 20.7. The first-order valence-electron chi connectivity index (χ1n) is 9.74. The van der Waals surface area contributed by atoms with Gasteiger partial charge in [-0.3, -0.25) is 4.98 Å². The quantitative estimate of drug-likeness (QED) is 0.513. The minimum Gasteiger partial charge on any atom is -0.366 e. The maximum absolute atomic E-state index is 12.0. The molecule has 0 spiro atoms. The molecule has 1 fully saturated rings. The smallest absolute Gasteiger partial charge is 0.164 e. The van der Waals surface area contributed by atoms with Crippen LogP contribution in [-0.4, -0.2) is 40.9 Å². The van der Waals surface area contributed by atoms with E-state index >= 15 is 0 Å². The molecule has 0 aliphatic carbocycles. The predicted molar refractivity (Wildman–Crippen MR) is 122 cm³/mol. The summed E-state index contributed by atoms with van der Waals surface area (Å²) in [4.78, 5) is 15.9. The number of aromatic nitrogens is 3. The highest BCUT2D eigenvalue weighted by atomic mass is 32.2. The Balaban J connectivity index is 1.71. The molecule has 1 aliphatic heterocycles. The molecule has 4 heterocycles. The van der Waals surface area contributed by atoms with Crippen LogP contribution >= 0.6 is 11.3 Å². The summed E-state index contributed by atoms with van der Waals surface area (Å²) in [6, 6.07) is 13.8. The van der Waals surface area contributed by atoms with Gasteiger partial charge in [0.25, 0.3) is 0 Å². The van der Waals surface area contributed by atoms with E-state index in [-0.39, 0.29) is 17.5 Å². The molecule has 0 saturated carbocycles. The van der Waals surface area contributed by atoms with Gasteiger partial charge in [-0.1, -0.05) is 30.3 Å². The average Bonchev–Trinajstić information content (AvgIpc) is 3.27. The molecule has 152 valence electrons. The highest BCUT2D eigenvalue weighted by Gasteiger charge is 2.29. The minimum atomic E-state index is -3.00. The highest BCUT2D eigenvalue weighted by molar-refractivity contribution is 7.91. The maximum atomic E-state index is 12.0. The average molecular weight is 437 g/mol. The van der Waals surface area contributed by atoms with E-state index in [1.54, 1.807) is 23.7 Å². The monoisotopic (exact) mass is 436 g/mol. The number of rotatable bonds is 4. The van der Waals surface area contributed by atoms with Gasteiger partial charge in [-0.05, 0) is 31.0 Å². The molecule has 6 nitrogen and oxygen atoms in total. The summed E-state index contributed by atoms with van der Waals surface area (Å²) < 4.78 is 24.0. The molecule has 1 aliphatic rings. The fraction of sp³-hybridized carbons (Fsp3) is 0.227. The number of fused-ring (bicyclic) bond motifs is 1. The van der Waals surface area contributed by atoms with Gasteiger partial charge in [0.15, 0.2) is 15.7 Å². The molecule has 1 atom stereocenters. The molecule has 1 N–H and O–H groups in total. The molecule has 0 amide bonds. The zero-order valence-corrected chi connectivity index (χ0v) is 18.0. The van der Waals surface area contributed by atoms with E-state index in [9.17, 15) is 8.42 Å². The molecule has 3 aromatic heterocycles. The van der Waals surface area contributed by atoms with Gasteiger partial charge in [0.1, 0.15) is 10.6 Å². The number of benzene rings is 1. The second kappa shape index (κ2) is 7.45. The van der Waals surface area contributed by atoms with E-state index in [4.69, 9.17) is 9.97 Å². The van der Waals surface area contributed by atoms with Gasteiger partial charge in [-0.2, -0.15) is 0 Å². The van der Waals surface area contributed by atoms with Gasteiger partial charge in [-0.25, -0.2) is 18.4 Å². The number of thiophene rings is 1. The Labute approximate surface area is 179 Å². The molecule has 0 bridgehead atoms. The largest absolute Gasteiger partial charge is 0.366 e. The summed E-state index contributed by atoms with van der Waals surface area (Å²) in [6.45, 7) is 2.09. The third-order valence-corrected chi connectivity index (χ3v) is 8.05. The molecule has 0 radical (unpaired) electrons. The van der Waals surface area contributed by atoms with Crippen molar-refractivity contribution in [3.05, 3.63) is 59.7 Å². The molecular weight excluding hydrogens is 416 g/mol. The van der Waals surface area contributed by atoms with Crippen LogP contribution in [0, 0.1) is 6.92 Å². The summed E-state index contributed by atoms with van der Waals surface area (Å²) in [7, 11) is -3.00. The van der Waals surface area contributed by atoms with Gasteiger partial charge < -0.3 is 5.32 Å². The lowest BCUT2D eigenvalue weighted by atomic mass is 10.0. The first-order chi connectivity index (χ1) is 14.5. The molecule has 1 saturated heterocycles. The third kappa shape index (κ3) is 3.57. The van der Waals surface area contributed by atoms with Crippen LogP contribution in [0.1, 0.15) is 11.3 Å². The zero-order valence-electron chi connectivity index (χ0n) is 16.4. The second-order valence-corrected chi connectivity index (χ2v) is 10.9. The van der Waals surface area contributed by atoms with E-state index in [0.29, 0.717) is 18.1 Å². The van der Waals surface area contributed by atoms with Crippen molar-refractivity contribution in [3.8, 4) is 22.5 Å². The summed E-state index contributed by atoms with van der Waals surface area (Å²) >= 11 is 1.62. The van der Waals surface area contributed by atoms with Crippen molar-refractivity contribution in [2.75, 3.05) is 16.8 Å². The van der Waals surface area contributed by atoms with Crippen LogP contribution in [0.15, 0.2) is 54.9 Å². The lowest BCUT2D eigenvalue weighted by Crippen LogP contribution is -2.21. The molecular formula is C22H20N4O2S2. The summed E-state index contributed by atoms with van der Waals surface area (Å²) in [6.07, 6.45) is 4.04. The van der Waals surface area contributed by atoms with E-state index in [1.165, 1.54) is 0 Å². The third-order valence-electron chi connectivity index (χ3n) is 5.28. The predicted octanol–water partition coefficient (Wildman–Crippen LogP) is 4.33. The van der Waals surface area contributed by atoms with Crippen molar-refractivity contribution in [2.24, 2.45) is 0 Å². The SMILES string of the molecule is Cc1sc2nc(-c3cccnc3)nc(N[C@H]3CCS(=O)(=O)C3)c2c1-c1ccccc1. The maximum Gasteiger partial charge on any atom is 0.164 e. The lowest BCUT2D eigenvalue weighted by Gasteiger charge is -2.15. The Morgan fingerprint density at radius 3 is 2.57 bits per heavy atom. The van der Waals surface area contributed by atoms with Crippen LogP contribution in [0.3, 0.4) is 0 Å². The lowest BCUT2D eigenvalue weighted by molar-refractivity contribution is 0.602. The number of aryl methyl sites for hydroxylation is 1. The summed E-state index contributed by atoms with van der Waals surface area (Å²) in [5.74, 6) is 1.61. The minimum absolute atomic E-state index is 0.129. The Kier molecular flexibility index (Phi) is 4.75. The first-order valence-corrected chi connectivity index (χ1v) is 12.4. The van der Waals surface area contributed by atoms with Crippen molar-refractivity contribution in [3.63, 3.8) is 0 Å². The van der Waals surface area contributed by atoms with Crippen LogP contribution in [0.5, 0.6) is 0 Å². The topological polar surface area (TPSA) is 84.8 Å². The molecule has 5 rings (SSSR count). The van der Waals surface area contributed by atoms with Crippen LogP contribution in [-0.2, 0) is 9.84 Å². The van der Waals surface area contributed by atoms with Gasteiger partial charge in [0.05, 0.1) is 16.9 Å². The number of hydrogen-bond donors (Lipinski definition) is 1. The van der Waals surface area contributed by atoms with Gasteiger partial charge in [-0.15, -0.1) is 11.3 Å². The van der Waals surface area contributed by atoms with Gasteiger partial charge in [0.2, 0.25) is 0 Å². The number of nitrogens with one attached hydrogen (secondary N) is 1. The highest BCUT2D eigenvalue weighted by Crippen LogP contribution is 2.42. The summed E-state index contributed by atoms with van der Waals surface area (Å²) in [5.41, 5.74) is 3.02. The van der Waals surface area contributed by atoms with E-state index < -0.39 is 9.84 Å². The number of anilines is 1. The van der Waals surface area contributed by atoms with Crippen LogP contribution in [0.25, 0.3) is 32.7 Å². The molecule has 30 heavy (non-hydrogen) atoms. The number of nitrogens with zero attached hydrogens (tertiary/aromatic N) is 3. The number of sulfone groups is 1. The fourth-order valence-electron chi connectivity index (χ4n) is 3.89. The first kappa shape index (κ1) is 19.1. The Morgan fingerprint density at radius 2 is 1.87 bits per heavy atom. The van der Waals surface area contributed by atoms with Crippen LogP contribution in [0.2, 0.25) is 0 Å². The van der Waals surface area contributed by atoms with Crippen molar-refractivity contribution in [1.82, 2.24) is 15.0 Å². The molecule has 1 aromatic carbocycles. The second-order valence-electron chi connectivity index (χ2n) is 7.46. The van der Waals surface area contributed by atoms with Gasteiger partial charge >= 0.3 is 0 Å². The fourth-order valence-corrected chi connectivity index (χ4v) is 6.61. The molecule has 0 unspecified atom stereocenters. The number of pyridine rings is 1. The Bertz CT molecular complexity index is 1320. The van der Waals surface area contributed by atoms with E-state index in [2.05, 4.69) is 29.4 Å². The standard InChI is InChI=1S/C22H20N4O2S2/c1-14-18(15-6-3-2-4-7-15)19-21(24-17-9-11-30(27,28)13-17)25-20(26-22(19)29-14)16-8-5-10-23-12-16/h2-8,10,12,17H,9,11,13H2,1H3,(H,24,25,26)/t17-/m0/s1. The van der Waals surface area contributed by atoms with Crippen molar-refractivity contribution < 1.29 is 8.42 Å². The van der Waals surface area contributed by atoms with Crippen molar-refractivity contribution in [2.45, 2.75) is 19.4 Å². The van der Waals surface area contributed by atoms with Crippen molar-refractivity contribution in [1.29, 1.82) is 0 Å². The molecule has 4 aromatic rings. The van der Waals surface area contributed by atoms with Crippen molar-refractivity contribution >= 4 is 37.2 Å². The van der Waals surface area contributed by atoms with Crippen LogP contribution < -0.4 is 5.32 Å². The summed E-state index contributed by atoms with van der Waals surface area (Å²) in [5, 5.41) is 4.37. The van der Waals surface area contributed by atoms with Gasteiger partial charge in [0, 0.05) is 34.4 Å². The number of hydrogen-bond acceptors (Lipinski definition) is 7. The van der Waals surface area contributed by atoms with E-state index in [1.807, 2.05) is 30.3 Å². The molecule has 8 heteroatoms. The Hall–Kier alpha value is -2.84.